The van der Waals surface area contributed by atoms with Crippen molar-refractivity contribution < 1.29 is 19.1 Å². The molecule has 1 aromatic heterocycles. The molecule has 5 nitrogen and oxygen atoms in total. The smallest absolute Gasteiger partial charge is 0.339 e. The summed E-state index contributed by atoms with van der Waals surface area (Å²) in [6.07, 6.45) is 2.37. The lowest BCUT2D eigenvalue weighted by atomic mass is 10.2. The summed E-state index contributed by atoms with van der Waals surface area (Å²) in [5.74, 6) is 0.0610. The largest absolute Gasteiger partial charge is 0.478 e. The lowest BCUT2D eigenvalue weighted by Gasteiger charge is -2.31. The molecular formula is C13H17NO4S. The van der Waals surface area contributed by atoms with E-state index in [0.717, 1.165) is 25.3 Å². The first-order chi connectivity index (χ1) is 9.11. The minimum atomic E-state index is -1.06. The third-order valence-corrected chi connectivity index (χ3v) is 4.61. The molecule has 1 aromatic rings. The molecule has 2 rings (SSSR count). The van der Waals surface area contributed by atoms with Gasteiger partial charge >= 0.3 is 5.97 Å². The normalized spacial score (nSPS) is 19.4. The van der Waals surface area contributed by atoms with E-state index in [-0.39, 0.29) is 23.7 Å². The van der Waals surface area contributed by atoms with Crippen LogP contribution in [-0.4, -0.2) is 46.0 Å². The van der Waals surface area contributed by atoms with Crippen LogP contribution in [-0.2, 0) is 11.2 Å². The van der Waals surface area contributed by atoms with Crippen molar-refractivity contribution >= 4 is 23.6 Å². The first-order valence-electron chi connectivity index (χ1n) is 6.30. The molecule has 1 N–H and O–H groups in total. The van der Waals surface area contributed by atoms with Crippen molar-refractivity contribution in [1.82, 2.24) is 4.90 Å². The standard InChI is InChI=1S/C13H17NO4S/c1-2-9-8-14(4-6-19-9)12(15)7-11-10(13(16)17)3-5-18-11/h3,5,9H,2,4,6-8H2,1H3,(H,16,17). The van der Waals surface area contributed by atoms with E-state index in [9.17, 15) is 9.59 Å². The van der Waals surface area contributed by atoms with Crippen molar-refractivity contribution in [1.29, 1.82) is 0 Å². The summed E-state index contributed by atoms with van der Waals surface area (Å²) in [7, 11) is 0. The molecule has 0 spiro atoms. The fourth-order valence-electron chi connectivity index (χ4n) is 2.11. The Morgan fingerprint density at radius 2 is 2.37 bits per heavy atom. The molecule has 1 unspecified atom stereocenters. The van der Waals surface area contributed by atoms with Crippen molar-refractivity contribution in [2.75, 3.05) is 18.8 Å². The monoisotopic (exact) mass is 283 g/mol. The number of thioether (sulfide) groups is 1. The maximum Gasteiger partial charge on any atom is 0.339 e. The highest BCUT2D eigenvalue weighted by atomic mass is 32.2. The number of nitrogens with zero attached hydrogens (tertiary/aromatic N) is 1. The van der Waals surface area contributed by atoms with Gasteiger partial charge in [0.25, 0.3) is 0 Å². The van der Waals surface area contributed by atoms with Gasteiger partial charge in [-0.3, -0.25) is 4.79 Å². The second-order valence-corrected chi connectivity index (χ2v) is 5.89. The molecule has 0 aromatic carbocycles. The second kappa shape index (κ2) is 6.14. The van der Waals surface area contributed by atoms with Gasteiger partial charge in [0, 0.05) is 24.1 Å². The summed E-state index contributed by atoms with van der Waals surface area (Å²) in [6, 6.07) is 1.38. The van der Waals surface area contributed by atoms with Gasteiger partial charge in [-0.25, -0.2) is 4.79 Å². The average Bonchev–Trinajstić information content (AvgIpc) is 2.87. The minimum absolute atomic E-state index is 0.0235. The second-order valence-electron chi connectivity index (χ2n) is 4.48. The Kier molecular flexibility index (Phi) is 4.52. The third-order valence-electron chi connectivity index (χ3n) is 3.23. The molecule has 1 amide bonds. The summed E-state index contributed by atoms with van der Waals surface area (Å²) in [5, 5.41) is 9.45. The Labute approximate surface area is 116 Å². The fourth-order valence-corrected chi connectivity index (χ4v) is 3.29. The Bertz CT molecular complexity index is 471. The lowest BCUT2D eigenvalue weighted by Crippen LogP contribution is -2.42. The number of carboxylic acid groups (broad SMARTS) is 1. The highest BCUT2D eigenvalue weighted by molar-refractivity contribution is 8.00. The fraction of sp³-hybridized carbons (Fsp3) is 0.538. The van der Waals surface area contributed by atoms with E-state index in [0.29, 0.717) is 5.25 Å². The Morgan fingerprint density at radius 3 is 3.05 bits per heavy atom. The quantitative estimate of drug-likeness (QED) is 0.913. The Hall–Kier alpha value is -1.43. The van der Waals surface area contributed by atoms with Gasteiger partial charge in [0.1, 0.15) is 11.3 Å². The minimum Gasteiger partial charge on any atom is -0.478 e. The van der Waals surface area contributed by atoms with Crippen LogP contribution in [0.4, 0.5) is 0 Å². The van der Waals surface area contributed by atoms with E-state index in [1.165, 1.54) is 12.3 Å². The first-order valence-corrected chi connectivity index (χ1v) is 7.35. The zero-order valence-corrected chi connectivity index (χ0v) is 11.6. The van der Waals surface area contributed by atoms with Crippen LogP contribution in [0.25, 0.3) is 0 Å². The number of carbonyl (C=O) groups is 2. The van der Waals surface area contributed by atoms with Crippen molar-refractivity contribution in [3.8, 4) is 0 Å². The maximum absolute atomic E-state index is 12.2. The van der Waals surface area contributed by atoms with Crippen molar-refractivity contribution in [2.24, 2.45) is 0 Å². The van der Waals surface area contributed by atoms with Crippen molar-refractivity contribution in [3.63, 3.8) is 0 Å². The summed E-state index contributed by atoms with van der Waals surface area (Å²) in [4.78, 5) is 24.9. The highest BCUT2D eigenvalue weighted by Gasteiger charge is 2.25. The number of hydrogen-bond donors (Lipinski definition) is 1. The molecule has 0 aliphatic carbocycles. The van der Waals surface area contributed by atoms with E-state index in [1.807, 2.05) is 11.8 Å². The molecule has 1 aliphatic heterocycles. The summed E-state index contributed by atoms with van der Waals surface area (Å²) >= 11 is 1.89. The maximum atomic E-state index is 12.2. The topological polar surface area (TPSA) is 70.8 Å². The van der Waals surface area contributed by atoms with E-state index < -0.39 is 5.97 Å². The average molecular weight is 283 g/mol. The van der Waals surface area contributed by atoms with Gasteiger partial charge in [-0.15, -0.1) is 0 Å². The summed E-state index contributed by atoms with van der Waals surface area (Å²) < 4.78 is 5.11. The molecular weight excluding hydrogens is 266 g/mol. The van der Waals surface area contributed by atoms with Gasteiger partial charge in [0.15, 0.2) is 0 Å². The molecule has 1 saturated heterocycles. The van der Waals surface area contributed by atoms with Crippen LogP contribution in [0.1, 0.15) is 29.5 Å². The predicted octanol–water partition coefficient (Wildman–Crippen LogP) is 1.87. The van der Waals surface area contributed by atoms with Gasteiger partial charge in [-0.1, -0.05) is 6.92 Å². The van der Waals surface area contributed by atoms with Gasteiger partial charge in [0.05, 0.1) is 12.7 Å². The van der Waals surface area contributed by atoms with Gasteiger partial charge in [-0.2, -0.15) is 11.8 Å². The molecule has 1 atom stereocenters. The van der Waals surface area contributed by atoms with E-state index in [2.05, 4.69) is 6.92 Å². The van der Waals surface area contributed by atoms with Crippen molar-refractivity contribution in [2.45, 2.75) is 25.0 Å². The zero-order chi connectivity index (χ0) is 13.8. The van der Waals surface area contributed by atoms with Crippen molar-refractivity contribution in [3.05, 3.63) is 23.7 Å². The highest BCUT2D eigenvalue weighted by Crippen LogP contribution is 2.22. The number of hydrogen-bond acceptors (Lipinski definition) is 4. The molecule has 19 heavy (non-hydrogen) atoms. The number of aromatic carboxylic acids is 1. The van der Waals surface area contributed by atoms with Gasteiger partial charge in [-0.05, 0) is 12.5 Å². The van der Waals surface area contributed by atoms with Crippen LogP contribution in [0, 0.1) is 0 Å². The first kappa shape index (κ1) is 14.0. The molecule has 2 heterocycles. The SMILES string of the molecule is CCC1CN(C(=O)Cc2occc2C(=O)O)CCS1. The summed E-state index contributed by atoms with van der Waals surface area (Å²) in [5.41, 5.74) is 0.0757. The lowest BCUT2D eigenvalue weighted by molar-refractivity contribution is -0.130. The number of furan rings is 1. The number of carbonyl (C=O) groups excluding carboxylic acids is 1. The van der Waals surface area contributed by atoms with Crippen LogP contribution < -0.4 is 0 Å². The molecule has 104 valence electrons. The molecule has 1 fully saturated rings. The van der Waals surface area contributed by atoms with E-state index in [1.54, 1.807) is 4.90 Å². The molecule has 0 bridgehead atoms. The van der Waals surface area contributed by atoms with E-state index in [4.69, 9.17) is 9.52 Å². The summed E-state index contributed by atoms with van der Waals surface area (Å²) in [6.45, 7) is 3.58. The molecule has 1 aliphatic rings. The van der Waals surface area contributed by atoms with E-state index >= 15 is 0 Å². The molecule has 0 radical (unpaired) electrons. The van der Waals surface area contributed by atoms with Crippen LogP contribution in [0.5, 0.6) is 0 Å². The third kappa shape index (κ3) is 3.32. The number of amides is 1. The number of rotatable bonds is 4. The van der Waals surface area contributed by atoms with Gasteiger partial charge in [0.2, 0.25) is 5.91 Å². The Balaban J connectivity index is 2.00. The van der Waals surface area contributed by atoms with Crippen LogP contribution in [0.3, 0.4) is 0 Å². The van der Waals surface area contributed by atoms with Gasteiger partial charge < -0.3 is 14.4 Å². The zero-order valence-electron chi connectivity index (χ0n) is 10.8. The Morgan fingerprint density at radius 1 is 1.58 bits per heavy atom. The molecule has 6 heteroatoms. The predicted molar refractivity (Wildman–Crippen MR) is 72.5 cm³/mol. The van der Waals surface area contributed by atoms with Crippen LogP contribution in [0.2, 0.25) is 0 Å². The number of carboxylic acids is 1. The molecule has 0 saturated carbocycles. The van der Waals surface area contributed by atoms with Crippen LogP contribution >= 0.6 is 11.8 Å². The van der Waals surface area contributed by atoms with Crippen LogP contribution in [0.15, 0.2) is 16.7 Å².